The highest BCUT2D eigenvalue weighted by Gasteiger charge is 2.34. The molecule has 4 nitrogen and oxygen atoms in total. The summed E-state index contributed by atoms with van der Waals surface area (Å²) in [6.45, 7) is 0. The predicted octanol–water partition coefficient (Wildman–Crippen LogP) is 2.09. The Balaban J connectivity index is 2.92. The fraction of sp³-hybridized carbons (Fsp3) is 0.200. The Kier molecular flexibility index (Phi) is 3.72. The molecule has 92 valence electrons. The fourth-order valence-corrected chi connectivity index (χ4v) is 1.07. The predicted molar refractivity (Wildman–Crippen MR) is 49.3 cm³/mol. The van der Waals surface area contributed by atoms with Gasteiger partial charge in [-0.25, -0.2) is 0 Å². The molecule has 0 radical (unpaired) electrons. The summed E-state index contributed by atoms with van der Waals surface area (Å²) in [5, 5.41) is 8.27. The Morgan fingerprint density at radius 1 is 1.24 bits per heavy atom. The van der Waals surface area contributed by atoms with Crippen molar-refractivity contribution in [1.82, 2.24) is 0 Å². The quantitative estimate of drug-likeness (QED) is 0.505. The number of alkyl halides is 3. The van der Waals surface area contributed by atoms with Crippen LogP contribution in [0.25, 0.3) is 0 Å². The summed E-state index contributed by atoms with van der Waals surface area (Å²) in [7, 11) is 0. The molecule has 7 heteroatoms. The number of ether oxygens (including phenoxy) is 1. The van der Waals surface area contributed by atoms with Gasteiger partial charge in [0.25, 0.3) is 0 Å². The SMILES string of the molecule is O=C(O)CC(=O)Oc1ccccc1C(F)(F)F. The molecule has 0 unspecified atom stereocenters. The van der Waals surface area contributed by atoms with Gasteiger partial charge in [-0.05, 0) is 12.1 Å². The van der Waals surface area contributed by atoms with Gasteiger partial charge in [-0.1, -0.05) is 12.1 Å². The molecule has 1 aromatic rings. The minimum absolute atomic E-state index is 0.703. The number of hydrogen-bond acceptors (Lipinski definition) is 3. The van der Waals surface area contributed by atoms with Crippen LogP contribution in [0.3, 0.4) is 0 Å². The highest BCUT2D eigenvalue weighted by molar-refractivity contribution is 5.91. The highest BCUT2D eigenvalue weighted by Crippen LogP contribution is 2.35. The second-order valence-electron chi connectivity index (χ2n) is 3.04. The van der Waals surface area contributed by atoms with Gasteiger partial charge in [-0.2, -0.15) is 13.2 Å². The first-order valence-electron chi connectivity index (χ1n) is 4.39. The summed E-state index contributed by atoms with van der Waals surface area (Å²) in [4.78, 5) is 21.1. The molecule has 17 heavy (non-hydrogen) atoms. The molecule has 0 saturated carbocycles. The summed E-state index contributed by atoms with van der Waals surface area (Å²) in [6.07, 6.45) is -5.66. The maximum Gasteiger partial charge on any atom is 0.419 e. The van der Waals surface area contributed by atoms with E-state index in [0.717, 1.165) is 18.2 Å². The number of esters is 1. The summed E-state index contributed by atoms with van der Waals surface area (Å²) < 4.78 is 41.7. The third-order valence-corrected chi connectivity index (χ3v) is 1.71. The highest BCUT2D eigenvalue weighted by atomic mass is 19.4. The van der Waals surface area contributed by atoms with E-state index in [1.807, 2.05) is 0 Å². The maximum atomic E-state index is 12.5. The number of carbonyl (C=O) groups excluding carboxylic acids is 1. The van der Waals surface area contributed by atoms with Crippen LogP contribution < -0.4 is 4.74 Å². The van der Waals surface area contributed by atoms with Gasteiger partial charge in [-0.3, -0.25) is 9.59 Å². The molecule has 0 heterocycles. The van der Waals surface area contributed by atoms with Crippen molar-refractivity contribution in [2.24, 2.45) is 0 Å². The summed E-state index contributed by atoms with van der Waals surface area (Å²) in [5.74, 6) is -3.43. The molecular formula is C10H7F3O4. The number of benzene rings is 1. The van der Waals surface area contributed by atoms with Gasteiger partial charge in [0.1, 0.15) is 12.2 Å². The largest absolute Gasteiger partial charge is 0.481 e. The second kappa shape index (κ2) is 4.86. The zero-order valence-electron chi connectivity index (χ0n) is 8.32. The summed E-state index contributed by atoms with van der Waals surface area (Å²) in [5.41, 5.74) is -1.13. The van der Waals surface area contributed by atoms with E-state index < -0.39 is 35.8 Å². The molecule has 1 aromatic carbocycles. The summed E-state index contributed by atoms with van der Waals surface area (Å²) in [6, 6.07) is 4.07. The van der Waals surface area contributed by atoms with E-state index in [4.69, 9.17) is 5.11 Å². The molecule has 0 aliphatic carbocycles. The van der Waals surface area contributed by atoms with E-state index in [1.54, 1.807) is 0 Å². The van der Waals surface area contributed by atoms with Crippen molar-refractivity contribution in [1.29, 1.82) is 0 Å². The number of rotatable bonds is 3. The first-order valence-corrected chi connectivity index (χ1v) is 4.39. The second-order valence-corrected chi connectivity index (χ2v) is 3.04. The number of aliphatic carboxylic acids is 1. The summed E-state index contributed by atoms with van der Waals surface area (Å²) >= 11 is 0. The van der Waals surface area contributed by atoms with Gasteiger partial charge in [-0.15, -0.1) is 0 Å². The molecule has 1 N–H and O–H groups in total. The molecule has 0 aliphatic rings. The van der Waals surface area contributed by atoms with Gasteiger partial charge in [0.2, 0.25) is 0 Å². The van der Waals surface area contributed by atoms with Gasteiger partial charge in [0.05, 0.1) is 5.56 Å². The maximum absolute atomic E-state index is 12.5. The van der Waals surface area contributed by atoms with Crippen molar-refractivity contribution in [2.45, 2.75) is 12.6 Å². The number of carboxylic acids is 1. The fourth-order valence-electron chi connectivity index (χ4n) is 1.07. The molecule has 0 fully saturated rings. The average molecular weight is 248 g/mol. The molecule has 0 saturated heterocycles. The Hall–Kier alpha value is -2.05. The van der Waals surface area contributed by atoms with Gasteiger partial charge in [0, 0.05) is 0 Å². The normalized spacial score (nSPS) is 11.0. The lowest BCUT2D eigenvalue weighted by molar-refractivity contribution is -0.147. The number of hydrogen-bond donors (Lipinski definition) is 1. The zero-order chi connectivity index (χ0) is 13.1. The zero-order valence-corrected chi connectivity index (χ0v) is 8.32. The molecule has 0 atom stereocenters. The van der Waals surface area contributed by atoms with E-state index >= 15 is 0 Å². The van der Waals surface area contributed by atoms with Crippen LogP contribution in [0.5, 0.6) is 5.75 Å². The first kappa shape index (κ1) is 13.0. The van der Waals surface area contributed by atoms with Gasteiger partial charge in [0.15, 0.2) is 0 Å². The molecule has 0 aliphatic heterocycles. The molecular weight excluding hydrogens is 241 g/mol. The minimum atomic E-state index is -4.67. The van der Waals surface area contributed by atoms with E-state index in [1.165, 1.54) is 6.07 Å². The van der Waals surface area contributed by atoms with E-state index in [9.17, 15) is 22.8 Å². The molecule has 1 rings (SSSR count). The van der Waals surface area contributed by atoms with Crippen LogP contribution in [-0.4, -0.2) is 17.0 Å². The standard InChI is InChI=1S/C10H7F3O4/c11-10(12,13)6-3-1-2-4-7(6)17-9(16)5-8(14)15/h1-4H,5H2,(H,14,15). The topological polar surface area (TPSA) is 63.6 Å². The molecule has 0 amide bonds. The average Bonchev–Trinajstić information content (AvgIpc) is 2.15. The van der Waals surface area contributed by atoms with Crippen molar-refractivity contribution in [3.8, 4) is 5.75 Å². The molecule has 0 spiro atoms. The smallest absolute Gasteiger partial charge is 0.419 e. The van der Waals surface area contributed by atoms with Crippen LogP contribution in [0.15, 0.2) is 24.3 Å². The van der Waals surface area contributed by atoms with Crippen molar-refractivity contribution >= 4 is 11.9 Å². The number of carboxylic acid groups (broad SMARTS) is 1. The lowest BCUT2D eigenvalue weighted by atomic mass is 10.2. The van der Waals surface area contributed by atoms with Crippen molar-refractivity contribution in [2.75, 3.05) is 0 Å². The van der Waals surface area contributed by atoms with Crippen LogP contribution in [0.4, 0.5) is 13.2 Å². The van der Waals surface area contributed by atoms with Crippen LogP contribution >= 0.6 is 0 Å². The van der Waals surface area contributed by atoms with E-state index in [0.29, 0.717) is 0 Å². The Bertz CT molecular complexity index is 439. The molecule has 0 bridgehead atoms. The third kappa shape index (κ3) is 3.78. The lowest BCUT2D eigenvalue weighted by Gasteiger charge is -2.11. The number of para-hydroxylation sites is 1. The van der Waals surface area contributed by atoms with Crippen molar-refractivity contribution in [3.05, 3.63) is 29.8 Å². The Morgan fingerprint density at radius 3 is 2.35 bits per heavy atom. The van der Waals surface area contributed by atoms with Crippen LogP contribution in [0.1, 0.15) is 12.0 Å². The van der Waals surface area contributed by atoms with Crippen LogP contribution in [0.2, 0.25) is 0 Å². The van der Waals surface area contributed by atoms with Crippen molar-refractivity contribution in [3.63, 3.8) is 0 Å². The third-order valence-electron chi connectivity index (χ3n) is 1.71. The van der Waals surface area contributed by atoms with Crippen LogP contribution in [0, 0.1) is 0 Å². The lowest BCUT2D eigenvalue weighted by Crippen LogP contribution is -2.16. The van der Waals surface area contributed by atoms with Crippen LogP contribution in [-0.2, 0) is 15.8 Å². The first-order chi connectivity index (χ1) is 7.80. The van der Waals surface area contributed by atoms with E-state index in [-0.39, 0.29) is 0 Å². The molecule has 0 aromatic heterocycles. The minimum Gasteiger partial charge on any atom is -0.481 e. The Labute approximate surface area is 93.6 Å². The Morgan fingerprint density at radius 2 is 1.82 bits per heavy atom. The van der Waals surface area contributed by atoms with Crippen molar-refractivity contribution < 1.29 is 32.6 Å². The monoisotopic (exact) mass is 248 g/mol. The number of halogens is 3. The van der Waals surface area contributed by atoms with Gasteiger partial charge >= 0.3 is 18.1 Å². The van der Waals surface area contributed by atoms with Gasteiger partial charge < -0.3 is 9.84 Å². The van der Waals surface area contributed by atoms with E-state index in [2.05, 4.69) is 4.74 Å². The number of carbonyl (C=O) groups is 2.